The Balaban J connectivity index is 2.12. The molecule has 3 amide bonds. The average Bonchev–Trinajstić information content (AvgIpc) is 2.73. The molecule has 23 heavy (non-hydrogen) atoms. The fraction of sp³-hybridized carbons (Fsp3) is 0.615. The van der Waals surface area contributed by atoms with Gasteiger partial charge in [0.15, 0.2) is 0 Å². The first kappa shape index (κ1) is 17.2. The van der Waals surface area contributed by atoms with Gasteiger partial charge in [-0.25, -0.2) is 18.8 Å². The molecule has 2 bridgehead atoms. The lowest BCUT2D eigenvalue weighted by atomic mass is 10.0. The Bertz CT molecular complexity index is 540. The van der Waals surface area contributed by atoms with Crippen LogP contribution in [0.5, 0.6) is 0 Å². The maximum absolute atomic E-state index is 13.7. The van der Waals surface area contributed by atoms with Gasteiger partial charge < -0.3 is 20.1 Å². The first-order chi connectivity index (χ1) is 10.9. The third-order valence-electron chi connectivity index (χ3n) is 3.50. The van der Waals surface area contributed by atoms with Crippen molar-refractivity contribution in [3.8, 4) is 0 Å². The number of fused-ring (bicyclic) bond motifs is 2. The summed E-state index contributed by atoms with van der Waals surface area (Å²) in [5.74, 6) is -1.79. The van der Waals surface area contributed by atoms with Crippen molar-refractivity contribution in [3.05, 3.63) is 11.6 Å². The van der Waals surface area contributed by atoms with Crippen LogP contribution in [0.25, 0.3) is 0 Å². The smallest absolute Gasteiger partial charge is 0.370 e. The van der Waals surface area contributed by atoms with E-state index in [-0.39, 0.29) is 13.2 Å². The van der Waals surface area contributed by atoms with Gasteiger partial charge in [-0.1, -0.05) is 6.08 Å². The summed E-state index contributed by atoms with van der Waals surface area (Å²) in [6.07, 6.45) is -0.848. The highest BCUT2D eigenvalue weighted by atomic mass is 19.1. The minimum absolute atomic E-state index is 0.0193. The molecule has 2 heterocycles. The van der Waals surface area contributed by atoms with Crippen molar-refractivity contribution in [2.45, 2.75) is 32.3 Å². The number of alkyl halides is 1. The number of nitrogens with zero attached hydrogens (tertiary/aromatic N) is 2. The molecule has 9 nitrogen and oxygen atoms in total. The van der Waals surface area contributed by atoms with E-state index in [1.54, 1.807) is 13.0 Å². The van der Waals surface area contributed by atoms with Crippen molar-refractivity contribution in [1.82, 2.24) is 15.3 Å². The van der Waals surface area contributed by atoms with E-state index in [9.17, 15) is 18.8 Å². The molecule has 2 N–H and O–H groups in total. The molecule has 3 atom stereocenters. The molecule has 0 unspecified atom stereocenters. The average molecular weight is 331 g/mol. The van der Waals surface area contributed by atoms with Crippen LogP contribution in [-0.2, 0) is 19.2 Å². The molecule has 0 aromatic rings. The van der Waals surface area contributed by atoms with Gasteiger partial charge in [-0.3, -0.25) is 4.79 Å². The fourth-order valence-electron chi connectivity index (χ4n) is 2.60. The Morgan fingerprint density at radius 1 is 1.57 bits per heavy atom. The molecule has 128 valence electrons. The number of aliphatic hydroxyl groups is 1. The summed E-state index contributed by atoms with van der Waals surface area (Å²) < 4.78 is 18.2. The van der Waals surface area contributed by atoms with Gasteiger partial charge in [0, 0.05) is 0 Å². The van der Waals surface area contributed by atoms with Crippen LogP contribution in [-0.4, -0.2) is 71.3 Å². The number of ether oxygens (including phenoxy) is 1. The van der Waals surface area contributed by atoms with Crippen molar-refractivity contribution >= 4 is 17.9 Å². The summed E-state index contributed by atoms with van der Waals surface area (Å²) in [5.41, 5.74) is 0.554. The number of carbonyl (C=O) groups is 3. The summed E-state index contributed by atoms with van der Waals surface area (Å²) in [5, 5.41) is 11.7. The number of carbonyl (C=O) groups excluding carboxylic acids is 3. The highest BCUT2D eigenvalue weighted by Gasteiger charge is 2.48. The van der Waals surface area contributed by atoms with Crippen molar-refractivity contribution < 1.29 is 33.5 Å². The minimum atomic E-state index is -2.43. The highest BCUT2D eigenvalue weighted by molar-refractivity contribution is 5.91. The van der Waals surface area contributed by atoms with Gasteiger partial charge in [-0.15, -0.1) is 0 Å². The van der Waals surface area contributed by atoms with Crippen LogP contribution in [0.2, 0.25) is 0 Å². The zero-order valence-electron chi connectivity index (χ0n) is 12.7. The van der Waals surface area contributed by atoms with Gasteiger partial charge in [0.2, 0.25) is 5.91 Å². The zero-order chi connectivity index (χ0) is 17.1. The molecule has 2 rings (SSSR count). The number of rotatable bonds is 6. The van der Waals surface area contributed by atoms with Gasteiger partial charge in [-0.05, 0) is 19.4 Å². The number of amides is 3. The maximum Gasteiger partial charge on any atom is 0.370 e. The van der Waals surface area contributed by atoms with E-state index in [4.69, 9.17) is 9.94 Å². The lowest BCUT2D eigenvalue weighted by molar-refractivity contribution is -0.223. The maximum atomic E-state index is 13.7. The van der Waals surface area contributed by atoms with Crippen molar-refractivity contribution in [2.75, 3.05) is 19.9 Å². The summed E-state index contributed by atoms with van der Waals surface area (Å²) in [4.78, 5) is 41.5. The Hall–Kier alpha value is -2.20. The van der Waals surface area contributed by atoms with Gasteiger partial charge in [0.05, 0.1) is 19.2 Å². The molecule has 0 aromatic heterocycles. The Labute approximate surface area is 131 Å². The molecule has 10 heteroatoms. The molecular weight excluding hydrogens is 313 g/mol. The molecule has 2 aliphatic heterocycles. The van der Waals surface area contributed by atoms with Crippen molar-refractivity contribution in [3.63, 3.8) is 0 Å². The molecule has 1 saturated heterocycles. The van der Waals surface area contributed by atoms with Gasteiger partial charge in [0.25, 0.3) is 0 Å². The second-order valence-corrected chi connectivity index (χ2v) is 5.01. The lowest BCUT2D eigenvalue weighted by Gasteiger charge is -2.28. The minimum Gasteiger partial charge on any atom is -0.462 e. The van der Waals surface area contributed by atoms with Gasteiger partial charge >= 0.3 is 18.4 Å². The number of esters is 1. The topological polar surface area (TPSA) is 108 Å². The van der Waals surface area contributed by atoms with Crippen LogP contribution in [0, 0.1) is 0 Å². The molecule has 0 saturated carbocycles. The molecule has 0 radical (unpaired) electrons. The number of halogens is 1. The summed E-state index contributed by atoms with van der Waals surface area (Å²) in [6, 6.07) is -2.28. The van der Waals surface area contributed by atoms with Crippen LogP contribution < -0.4 is 5.32 Å². The van der Waals surface area contributed by atoms with Crippen LogP contribution in [0.4, 0.5) is 9.18 Å². The SMILES string of the molecule is CCOC(=O)[C@H](F)ON1C(=O)N2C[C@H]1C=C(C)[C@H]2C(=O)NCO. The van der Waals surface area contributed by atoms with Gasteiger partial charge in [0.1, 0.15) is 12.8 Å². The molecule has 0 aromatic carbocycles. The van der Waals surface area contributed by atoms with Crippen LogP contribution >= 0.6 is 0 Å². The van der Waals surface area contributed by atoms with E-state index in [0.29, 0.717) is 5.57 Å². The highest BCUT2D eigenvalue weighted by Crippen LogP contribution is 2.30. The predicted octanol–water partition coefficient (Wildman–Crippen LogP) is -0.723. The third kappa shape index (κ3) is 3.27. The normalized spacial score (nSPS) is 24.3. The third-order valence-corrected chi connectivity index (χ3v) is 3.50. The van der Waals surface area contributed by atoms with E-state index in [2.05, 4.69) is 10.1 Å². The number of nitrogens with one attached hydrogen (secondary N) is 1. The molecule has 0 aliphatic carbocycles. The van der Waals surface area contributed by atoms with E-state index >= 15 is 0 Å². The van der Waals surface area contributed by atoms with E-state index in [1.165, 1.54) is 11.8 Å². The Kier molecular flexibility index (Phi) is 5.16. The molecule has 1 fully saturated rings. The first-order valence-corrected chi connectivity index (χ1v) is 7.04. The predicted molar refractivity (Wildman–Crippen MR) is 73.1 cm³/mol. The fourth-order valence-corrected chi connectivity index (χ4v) is 2.60. The number of urea groups is 1. The van der Waals surface area contributed by atoms with E-state index in [1.807, 2.05) is 0 Å². The van der Waals surface area contributed by atoms with E-state index < -0.39 is 43.1 Å². The van der Waals surface area contributed by atoms with Crippen LogP contribution in [0.15, 0.2) is 11.6 Å². The molecule has 2 aliphatic rings. The zero-order valence-corrected chi connectivity index (χ0v) is 12.7. The first-order valence-electron chi connectivity index (χ1n) is 7.04. The summed E-state index contributed by atoms with van der Waals surface area (Å²) in [7, 11) is 0. The number of aliphatic hydroxyl groups excluding tert-OH is 1. The summed E-state index contributed by atoms with van der Waals surface area (Å²) >= 11 is 0. The Morgan fingerprint density at radius 2 is 2.26 bits per heavy atom. The summed E-state index contributed by atoms with van der Waals surface area (Å²) in [6.45, 7) is 2.67. The van der Waals surface area contributed by atoms with Crippen LogP contribution in [0.1, 0.15) is 13.8 Å². The molecular formula is C13H18FN3O6. The van der Waals surface area contributed by atoms with Crippen LogP contribution in [0.3, 0.4) is 0 Å². The number of hydroxylamine groups is 2. The number of hydrogen-bond acceptors (Lipinski definition) is 6. The Morgan fingerprint density at radius 3 is 2.87 bits per heavy atom. The largest absolute Gasteiger partial charge is 0.462 e. The standard InChI is InChI=1S/C13H18FN3O6/c1-3-22-12(20)10(14)23-17-8-4-7(2)9(11(19)15-6-18)16(5-8)13(17)21/h4,8-10,18H,3,5-6H2,1-2H3,(H,15,19)/t8-,9+,10-/m1/s1. The lowest BCUT2D eigenvalue weighted by Crippen LogP contribution is -2.50. The van der Waals surface area contributed by atoms with Crippen molar-refractivity contribution in [1.29, 1.82) is 0 Å². The van der Waals surface area contributed by atoms with Gasteiger partial charge in [-0.2, -0.15) is 5.06 Å². The monoisotopic (exact) mass is 331 g/mol. The second-order valence-electron chi connectivity index (χ2n) is 5.01. The number of hydrogen-bond donors (Lipinski definition) is 2. The quantitative estimate of drug-likeness (QED) is 0.378. The molecule has 0 spiro atoms. The second kappa shape index (κ2) is 6.92. The van der Waals surface area contributed by atoms with E-state index in [0.717, 1.165) is 5.06 Å². The van der Waals surface area contributed by atoms with Crippen molar-refractivity contribution in [2.24, 2.45) is 0 Å².